The fourth-order valence-corrected chi connectivity index (χ4v) is 11.0. The van der Waals surface area contributed by atoms with Crippen molar-refractivity contribution in [1.29, 1.82) is 0 Å². The van der Waals surface area contributed by atoms with E-state index in [0.29, 0.717) is 47.8 Å². The number of likely N-dealkylation sites (tertiary alicyclic amines) is 1. The van der Waals surface area contributed by atoms with Crippen molar-refractivity contribution in [3.05, 3.63) is 76.9 Å². The van der Waals surface area contributed by atoms with Gasteiger partial charge >= 0.3 is 0 Å². The molecule has 2 aliphatic heterocycles. The highest BCUT2D eigenvalue weighted by Crippen LogP contribution is 2.74. The lowest BCUT2D eigenvalue weighted by molar-refractivity contribution is -0.147. The van der Waals surface area contributed by atoms with Crippen LogP contribution in [-0.2, 0) is 21.5 Å². The van der Waals surface area contributed by atoms with Gasteiger partial charge in [0.25, 0.3) is 5.91 Å². The van der Waals surface area contributed by atoms with Gasteiger partial charge in [0, 0.05) is 29.1 Å². The molecule has 46 heavy (non-hydrogen) atoms. The van der Waals surface area contributed by atoms with Gasteiger partial charge in [-0.3, -0.25) is 14.5 Å². The molecule has 2 heterocycles. The second-order valence-corrected chi connectivity index (χ2v) is 14.4. The molecular formula is C38H42N2O6. The Balaban J connectivity index is 1.35. The maximum Gasteiger partial charge on any atom is 0.250 e. The van der Waals surface area contributed by atoms with Crippen LogP contribution in [0.5, 0.6) is 23.0 Å². The van der Waals surface area contributed by atoms with Crippen LogP contribution in [0.25, 0.3) is 0 Å². The first kappa shape index (κ1) is 29.4. The van der Waals surface area contributed by atoms with Gasteiger partial charge < -0.3 is 24.6 Å². The summed E-state index contributed by atoms with van der Waals surface area (Å²) in [6.07, 6.45) is 4.14. The number of aryl methyl sites for hydroxylation is 1. The van der Waals surface area contributed by atoms with E-state index in [0.717, 1.165) is 42.5 Å². The molecule has 8 heteroatoms. The topological polar surface area (TPSA) is 97.3 Å². The number of carbonyl (C=O) groups excluding carboxylic acids is 2. The van der Waals surface area contributed by atoms with Crippen LogP contribution < -0.4 is 19.5 Å². The second kappa shape index (κ2) is 9.98. The van der Waals surface area contributed by atoms with Crippen molar-refractivity contribution in [3.8, 4) is 23.0 Å². The van der Waals surface area contributed by atoms with Crippen LogP contribution in [0.1, 0.15) is 66.7 Å². The normalized spacial score (nSPS) is 34.2. The molecule has 1 saturated heterocycles. The number of ether oxygens (including phenoxy) is 3. The number of Topliss-reactive ketones (excluding diaryl/α,β-unsaturated/α-hetero) is 1. The van der Waals surface area contributed by atoms with Gasteiger partial charge in [-0.15, -0.1) is 0 Å². The smallest absolute Gasteiger partial charge is 0.250 e. The molecule has 0 bridgehead atoms. The molecule has 5 aliphatic rings. The molecule has 7 atom stereocenters. The molecule has 8 nitrogen and oxygen atoms in total. The fraction of sp³-hybridized carbons (Fsp3) is 0.474. The predicted molar refractivity (Wildman–Crippen MR) is 174 cm³/mol. The van der Waals surface area contributed by atoms with Crippen LogP contribution in [0.4, 0.5) is 5.69 Å². The van der Waals surface area contributed by atoms with E-state index >= 15 is 4.79 Å². The second-order valence-electron chi connectivity index (χ2n) is 14.4. The van der Waals surface area contributed by atoms with Crippen LogP contribution in [0, 0.1) is 22.7 Å². The minimum absolute atomic E-state index is 0.106. The van der Waals surface area contributed by atoms with Crippen LogP contribution in [-0.4, -0.2) is 56.6 Å². The number of para-hydroxylation sites is 1. The Kier molecular flexibility index (Phi) is 6.37. The summed E-state index contributed by atoms with van der Waals surface area (Å²) in [5.74, 6) is 2.40. The van der Waals surface area contributed by atoms with Crippen LogP contribution >= 0.6 is 0 Å². The third kappa shape index (κ3) is 3.43. The van der Waals surface area contributed by atoms with Crippen molar-refractivity contribution in [2.45, 2.75) is 56.4 Å². The molecule has 2 spiro atoms. The molecule has 8 rings (SSSR count). The van der Waals surface area contributed by atoms with Gasteiger partial charge in [-0.25, -0.2) is 0 Å². The van der Waals surface area contributed by atoms with Crippen molar-refractivity contribution < 1.29 is 28.9 Å². The number of nitrogens with one attached hydrogen (secondary N) is 1. The molecule has 3 fully saturated rings. The largest absolute Gasteiger partial charge is 0.508 e. The Morgan fingerprint density at radius 2 is 1.70 bits per heavy atom. The van der Waals surface area contributed by atoms with Crippen LogP contribution in [0.2, 0.25) is 0 Å². The van der Waals surface area contributed by atoms with Gasteiger partial charge in [-0.05, 0) is 104 Å². The number of aromatic hydroxyl groups is 1. The van der Waals surface area contributed by atoms with Crippen LogP contribution in [0.15, 0.2) is 54.6 Å². The molecule has 0 radical (unpaired) electrons. The molecule has 1 amide bonds. The summed E-state index contributed by atoms with van der Waals surface area (Å²) in [6, 6.07) is 17.7. The Bertz CT molecular complexity index is 1760. The Morgan fingerprint density at radius 1 is 0.957 bits per heavy atom. The number of amides is 1. The lowest BCUT2D eigenvalue weighted by Gasteiger charge is -2.48. The lowest BCUT2D eigenvalue weighted by atomic mass is 9.55. The third-order valence-corrected chi connectivity index (χ3v) is 12.8. The van der Waals surface area contributed by atoms with Gasteiger partial charge in [0.15, 0.2) is 11.5 Å². The van der Waals surface area contributed by atoms with E-state index in [1.165, 1.54) is 11.1 Å². The molecule has 0 aromatic heterocycles. The van der Waals surface area contributed by atoms with E-state index in [9.17, 15) is 9.90 Å². The van der Waals surface area contributed by atoms with Crippen molar-refractivity contribution in [1.82, 2.24) is 4.90 Å². The van der Waals surface area contributed by atoms with Crippen molar-refractivity contribution >= 4 is 17.4 Å². The fourth-order valence-electron chi connectivity index (χ4n) is 11.0. The van der Waals surface area contributed by atoms with Gasteiger partial charge in [0.05, 0.1) is 26.7 Å². The number of phenols is 1. The van der Waals surface area contributed by atoms with E-state index in [1.807, 2.05) is 49.5 Å². The summed E-state index contributed by atoms with van der Waals surface area (Å²) in [5, 5.41) is 13.4. The average molecular weight is 623 g/mol. The van der Waals surface area contributed by atoms with E-state index in [-0.39, 0.29) is 23.5 Å². The molecule has 2 N–H and O–H groups in total. The SMILES string of the molecule is COc1cc([C@H]2CN(C)[C@]3(C(=O)Nc4ccccc43)[C@]23C[C@H]2[C@@H]4CCc5cc(O)ccc5[C@H]4CC[C@]2(C)C3=O)cc(OC)c1OC. The minimum atomic E-state index is -1.17. The van der Waals surface area contributed by atoms with E-state index in [2.05, 4.69) is 23.2 Å². The highest BCUT2D eigenvalue weighted by molar-refractivity contribution is 6.12. The Labute approximate surface area is 270 Å². The summed E-state index contributed by atoms with van der Waals surface area (Å²) >= 11 is 0. The number of likely N-dealkylation sites (N-methyl/N-ethyl adjacent to an activating group) is 1. The number of ketones is 1. The predicted octanol–water partition coefficient (Wildman–Crippen LogP) is 6.02. The maximum absolute atomic E-state index is 15.8. The van der Waals surface area contributed by atoms with Gasteiger partial charge in [-0.1, -0.05) is 31.2 Å². The molecule has 3 aromatic rings. The zero-order chi connectivity index (χ0) is 32.2. The first-order valence-corrected chi connectivity index (χ1v) is 16.4. The number of anilines is 1. The number of rotatable bonds is 4. The first-order chi connectivity index (χ1) is 22.1. The van der Waals surface area contributed by atoms with Crippen molar-refractivity contribution in [3.63, 3.8) is 0 Å². The lowest BCUT2D eigenvalue weighted by Crippen LogP contribution is -2.58. The average Bonchev–Trinajstić information content (AvgIpc) is 3.61. The molecule has 0 unspecified atom stereocenters. The van der Waals surface area contributed by atoms with E-state index < -0.39 is 16.4 Å². The summed E-state index contributed by atoms with van der Waals surface area (Å²) in [4.78, 5) is 32.6. The number of phenolic OH excluding ortho intramolecular Hbond substituents is 1. The standard InChI is InChI=1S/C38H42N2O6/c1-36-15-14-25-24-13-11-23(41)16-21(24)10-12-26(25)28(36)19-37(34(36)42)29(22-17-31(44-3)33(46-5)32(18-22)45-4)20-40(2)38(37)27-8-6-7-9-30(27)39-35(38)43/h6-9,11,13,16-18,25-26,28-29,41H,10,12,14-15,19-20H2,1-5H3,(H,39,43)/t25-,26-,28+,29-,36+,37-,38-/m1/s1. The number of fused-ring (bicyclic) bond motifs is 8. The van der Waals surface area contributed by atoms with Crippen LogP contribution in [0.3, 0.4) is 0 Å². The van der Waals surface area contributed by atoms with Gasteiger partial charge in [0.1, 0.15) is 17.1 Å². The summed E-state index contributed by atoms with van der Waals surface area (Å²) in [5.41, 5.74) is 2.33. The number of hydrogen-bond donors (Lipinski definition) is 2. The summed E-state index contributed by atoms with van der Waals surface area (Å²) < 4.78 is 17.3. The summed E-state index contributed by atoms with van der Waals surface area (Å²) in [7, 11) is 6.81. The highest BCUT2D eigenvalue weighted by Gasteiger charge is 2.79. The number of methoxy groups -OCH3 is 3. The third-order valence-electron chi connectivity index (χ3n) is 12.8. The van der Waals surface area contributed by atoms with Crippen molar-refractivity contribution in [2.75, 3.05) is 40.2 Å². The van der Waals surface area contributed by atoms with E-state index in [4.69, 9.17) is 14.2 Å². The number of benzene rings is 3. The molecule has 3 aromatic carbocycles. The maximum atomic E-state index is 15.8. The number of nitrogens with zero attached hydrogens (tertiary/aromatic N) is 1. The molecule has 240 valence electrons. The quantitative estimate of drug-likeness (QED) is 0.368. The summed E-state index contributed by atoms with van der Waals surface area (Å²) in [6.45, 7) is 2.71. The Hall–Kier alpha value is -4.04. The monoisotopic (exact) mass is 622 g/mol. The molecular weight excluding hydrogens is 580 g/mol. The van der Waals surface area contributed by atoms with Gasteiger partial charge in [0.2, 0.25) is 5.75 Å². The number of carbonyl (C=O) groups is 2. The molecule has 3 aliphatic carbocycles. The van der Waals surface area contributed by atoms with Crippen molar-refractivity contribution in [2.24, 2.45) is 22.7 Å². The molecule has 2 saturated carbocycles. The first-order valence-electron chi connectivity index (χ1n) is 16.4. The van der Waals surface area contributed by atoms with Gasteiger partial charge in [-0.2, -0.15) is 0 Å². The Morgan fingerprint density at radius 3 is 2.41 bits per heavy atom. The number of hydrogen-bond acceptors (Lipinski definition) is 7. The highest BCUT2D eigenvalue weighted by atomic mass is 16.5. The minimum Gasteiger partial charge on any atom is -0.508 e. The zero-order valence-electron chi connectivity index (χ0n) is 27.2. The van der Waals surface area contributed by atoms with E-state index in [1.54, 1.807) is 27.4 Å². The zero-order valence-corrected chi connectivity index (χ0v) is 27.2.